The third-order valence-electron chi connectivity index (χ3n) is 5.40. The molecule has 1 heterocycles. The molecular formula is C26H25FN4O. The molecule has 3 aromatic carbocycles. The molecule has 2 N–H and O–H groups in total. The number of benzene rings is 3. The lowest BCUT2D eigenvalue weighted by atomic mass is 10.1. The van der Waals surface area contributed by atoms with Crippen molar-refractivity contribution in [2.24, 2.45) is 5.10 Å². The van der Waals surface area contributed by atoms with Crippen LogP contribution >= 0.6 is 0 Å². The number of carbonyl (C=O) groups excluding carboxylic acids is 1. The highest BCUT2D eigenvalue weighted by molar-refractivity contribution is 5.90. The second-order valence-corrected chi connectivity index (χ2v) is 7.84. The Morgan fingerprint density at radius 2 is 1.91 bits per heavy atom. The van der Waals surface area contributed by atoms with E-state index in [1.54, 1.807) is 18.3 Å². The first-order chi connectivity index (χ1) is 15.5. The number of fused-ring (bicyclic) bond motifs is 1. The Labute approximate surface area is 186 Å². The molecule has 4 rings (SSSR count). The van der Waals surface area contributed by atoms with Crippen LogP contribution in [-0.4, -0.2) is 23.2 Å². The van der Waals surface area contributed by atoms with Crippen molar-refractivity contribution in [2.45, 2.75) is 20.4 Å². The molecule has 1 aromatic heterocycles. The molecule has 0 bridgehead atoms. The van der Waals surface area contributed by atoms with E-state index < -0.39 is 0 Å². The predicted molar refractivity (Wildman–Crippen MR) is 128 cm³/mol. The minimum atomic E-state index is -0.233. The highest BCUT2D eigenvalue weighted by Gasteiger charge is 2.04. The van der Waals surface area contributed by atoms with Gasteiger partial charge in [0.2, 0.25) is 0 Å². The fraction of sp³-hybridized carbons (Fsp3) is 0.154. The normalized spacial score (nSPS) is 11.2. The summed E-state index contributed by atoms with van der Waals surface area (Å²) in [4.78, 5) is 12.1. The van der Waals surface area contributed by atoms with Crippen molar-refractivity contribution in [1.29, 1.82) is 0 Å². The molecule has 5 nitrogen and oxygen atoms in total. The maximum atomic E-state index is 13.4. The largest absolute Gasteiger partial charge is 0.376 e. The smallest absolute Gasteiger partial charge is 0.259 e. The Morgan fingerprint density at radius 3 is 2.72 bits per heavy atom. The van der Waals surface area contributed by atoms with E-state index in [0.717, 1.165) is 27.7 Å². The standard InChI is InChI=1S/C26H25FN4O/c1-18-6-8-24(12-19(18)2)28-16-26(32)30-29-15-20-7-9-25-22(13-20)10-11-31(25)17-21-4-3-5-23(27)14-21/h3-15,28H,16-17H2,1-2H3,(H,30,32)/b29-15+. The van der Waals surface area contributed by atoms with Crippen LogP contribution < -0.4 is 10.7 Å². The summed E-state index contributed by atoms with van der Waals surface area (Å²) in [5, 5.41) is 8.21. The molecule has 0 saturated carbocycles. The number of carbonyl (C=O) groups is 1. The van der Waals surface area contributed by atoms with Gasteiger partial charge < -0.3 is 9.88 Å². The lowest BCUT2D eigenvalue weighted by Gasteiger charge is -2.07. The second kappa shape index (κ2) is 9.47. The molecule has 0 aliphatic carbocycles. The lowest BCUT2D eigenvalue weighted by Crippen LogP contribution is -2.25. The number of amides is 1. The van der Waals surface area contributed by atoms with Crippen molar-refractivity contribution in [3.05, 3.63) is 101 Å². The molecule has 0 aliphatic rings. The topological polar surface area (TPSA) is 58.4 Å². The number of aryl methyl sites for hydroxylation is 2. The number of nitrogens with one attached hydrogen (secondary N) is 2. The first-order valence-corrected chi connectivity index (χ1v) is 10.4. The van der Waals surface area contributed by atoms with Gasteiger partial charge in [-0.2, -0.15) is 5.10 Å². The van der Waals surface area contributed by atoms with Gasteiger partial charge in [-0.3, -0.25) is 4.79 Å². The molecule has 162 valence electrons. The predicted octanol–water partition coefficient (Wildman–Crippen LogP) is 5.01. The number of hydrogen-bond donors (Lipinski definition) is 2. The van der Waals surface area contributed by atoms with Crippen LogP contribution in [0.1, 0.15) is 22.3 Å². The average Bonchev–Trinajstić information content (AvgIpc) is 3.16. The zero-order valence-corrected chi connectivity index (χ0v) is 18.1. The van der Waals surface area contributed by atoms with E-state index in [1.165, 1.54) is 17.2 Å². The van der Waals surface area contributed by atoms with Crippen molar-refractivity contribution in [3.8, 4) is 0 Å². The Kier molecular flexibility index (Phi) is 6.31. The first-order valence-electron chi connectivity index (χ1n) is 10.4. The molecule has 0 saturated heterocycles. The fourth-order valence-electron chi connectivity index (χ4n) is 3.52. The Morgan fingerprint density at radius 1 is 1.03 bits per heavy atom. The molecule has 4 aromatic rings. The van der Waals surface area contributed by atoms with E-state index in [0.29, 0.717) is 6.54 Å². The highest BCUT2D eigenvalue weighted by Crippen LogP contribution is 2.19. The van der Waals surface area contributed by atoms with Crippen LogP contribution in [0.5, 0.6) is 0 Å². The van der Waals surface area contributed by atoms with Gasteiger partial charge in [-0.25, -0.2) is 9.82 Å². The summed E-state index contributed by atoms with van der Waals surface area (Å²) in [6.07, 6.45) is 3.61. The van der Waals surface area contributed by atoms with Gasteiger partial charge in [0.1, 0.15) is 5.82 Å². The maximum Gasteiger partial charge on any atom is 0.259 e. The number of anilines is 1. The molecule has 32 heavy (non-hydrogen) atoms. The third-order valence-corrected chi connectivity index (χ3v) is 5.40. The monoisotopic (exact) mass is 428 g/mol. The van der Waals surface area contributed by atoms with Gasteiger partial charge in [0, 0.05) is 29.3 Å². The molecule has 6 heteroatoms. The molecular weight excluding hydrogens is 403 g/mol. The number of rotatable bonds is 7. The van der Waals surface area contributed by atoms with Crippen LogP contribution in [0.15, 0.2) is 78.0 Å². The summed E-state index contributed by atoms with van der Waals surface area (Å²) in [5.74, 6) is -0.453. The number of hydrazone groups is 1. The molecule has 0 atom stereocenters. The van der Waals surface area contributed by atoms with Crippen LogP contribution in [0.2, 0.25) is 0 Å². The number of aromatic nitrogens is 1. The minimum Gasteiger partial charge on any atom is -0.376 e. The SMILES string of the molecule is Cc1ccc(NCC(=O)N/N=C/c2ccc3c(ccn3Cc3cccc(F)c3)c2)cc1C. The Hall–Kier alpha value is -3.93. The van der Waals surface area contributed by atoms with Gasteiger partial charge in [0.15, 0.2) is 0 Å². The number of halogens is 1. The van der Waals surface area contributed by atoms with E-state index in [4.69, 9.17) is 0 Å². The maximum absolute atomic E-state index is 13.4. The van der Waals surface area contributed by atoms with Gasteiger partial charge >= 0.3 is 0 Å². The van der Waals surface area contributed by atoms with Crippen LogP contribution in [-0.2, 0) is 11.3 Å². The highest BCUT2D eigenvalue weighted by atomic mass is 19.1. The summed E-state index contributed by atoms with van der Waals surface area (Å²) in [6.45, 7) is 4.83. The Bertz CT molecular complexity index is 1290. The molecule has 1 amide bonds. The second-order valence-electron chi connectivity index (χ2n) is 7.84. The van der Waals surface area contributed by atoms with E-state index >= 15 is 0 Å². The summed E-state index contributed by atoms with van der Waals surface area (Å²) < 4.78 is 15.5. The zero-order valence-electron chi connectivity index (χ0n) is 18.1. The number of hydrogen-bond acceptors (Lipinski definition) is 3. The van der Waals surface area contributed by atoms with Gasteiger partial charge in [0.05, 0.1) is 12.8 Å². The summed E-state index contributed by atoms with van der Waals surface area (Å²) >= 11 is 0. The zero-order chi connectivity index (χ0) is 22.5. The van der Waals surface area contributed by atoms with E-state index in [2.05, 4.69) is 27.3 Å². The van der Waals surface area contributed by atoms with Crippen molar-refractivity contribution >= 4 is 28.7 Å². The van der Waals surface area contributed by atoms with Crippen molar-refractivity contribution in [3.63, 3.8) is 0 Å². The van der Waals surface area contributed by atoms with Crippen molar-refractivity contribution < 1.29 is 9.18 Å². The summed E-state index contributed by atoms with van der Waals surface area (Å²) in [5.41, 5.74) is 8.67. The van der Waals surface area contributed by atoms with E-state index in [9.17, 15) is 9.18 Å². The first kappa shape index (κ1) is 21.3. The van der Waals surface area contributed by atoms with Crippen molar-refractivity contribution in [1.82, 2.24) is 9.99 Å². The van der Waals surface area contributed by atoms with Gasteiger partial charge in [0.25, 0.3) is 5.91 Å². The molecule has 0 radical (unpaired) electrons. The van der Waals surface area contributed by atoms with Gasteiger partial charge in [-0.05, 0) is 78.6 Å². The van der Waals surface area contributed by atoms with E-state index in [-0.39, 0.29) is 18.3 Å². The van der Waals surface area contributed by atoms with Crippen molar-refractivity contribution in [2.75, 3.05) is 11.9 Å². The molecule has 0 fully saturated rings. The third kappa shape index (κ3) is 5.21. The minimum absolute atomic E-state index is 0.141. The fourth-order valence-corrected chi connectivity index (χ4v) is 3.52. The Balaban J connectivity index is 1.34. The summed E-state index contributed by atoms with van der Waals surface area (Å²) in [6, 6.07) is 20.6. The lowest BCUT2D eigenvalue weighted by molar-refractivity contribution is -0.119. The van der Waals surface area contributed by atoms with Crippen LogP contribution in [0.25, 0.3) is 10.9 Å². The van der Waals surface area contributed by atoms with Gasteiger partial charge in [-0.15, -0.1) is 0 Å². The van der Waals surface area contributed by atoms with Crippen LogP contribution in [0, 0.1) is 19.7 Å². The van der Waals surface area contributed by atoms with Crippen LogP contribution in [0.3, 0.4) is 0 Å². The van der Waals surface area contributed by atoms with Gasteiger partial charge in [-0.1, -0.05) is 24.3 Å². The van der Waals surface area contributed by atoms with Crippen LogP contribution in [0.4, 0.5) is 10.1 Å². The molecule has 0 spiro atoms. The van der Waals surface area contributed by atoms with E-state index in [1.807, 2.05) is 61.7 Å². The number of nitrogens with zero attached hydrogens (tertiary/aromatic N) is 2. The summed E-state index contributed by atoms with van der Waals surface area (Å²) in [7, 11) is 0. The average molecular weight is 429 g/mol. The quantitative estimate of drug-likeness (QED) is 0.321. The molecule has 0 unspecified atom stereocenters. The molecule has 0 aliphatic heterocycles.